The highest BCUT2D eigenvalue weighted by Gasteiger charge is 2.24. The van der Waals surface area contributed by atoms with Crippen LogP contribution in [0.5, 0.6) is 0 Å². The maximum Gasteiger partial charge on any atom is 0.147 e. The monoisotopic (exact) mass is 380 g/mol. The molecule has 2 heterocycles. The third kappa shape index (κ3) is 5.98. The number of nitrogens with zero attached hydrogens (tertiary/aromatic N) is 2. The molecule has 152 valence electrons. The van der Waals surface area contributed by atoms with Gasteiger partial charge >= 0.3 is 0 Å². The number of aryl methyl sites for hydroxylation is 2. The van der Waals surface area contributed by atoms with Crippen LogP contribution in [0.25, 0.3) is 0 Å². The van der Waals surface area contributed by atoms with Crippen molar-refractivity contribution in [2.24, 2.45) is 11.8 Å². The van der Waals surface area contributed by atoms with E-state index in [1.165, 1.54) is 0 Å². The summed E-state index contributed by atoms with van der Waals surface area (Å²) < 4.78 is 0. The Morgan fingerprint density at radius 3 is 1.39 bits per heavy atom. The molecule has 0 bridgehead atoms. The minimum absolute atomic E-state index is 0.148. The highest BCUT2D eigenvalue weighted by Crippen LogP contribution is 2.28. The first kappa shape index (κ1) is 22.3. The molecule has 0 aliphatic heterocycles. The molecule has 2 aromatic heterocycles. The highest BCUT2D eigenvalue weighted by molar-refractivity contribution is 5.91. The molecule has 0 fully saturated rings. The number of pyridine rings is 2. The molecular weight excluding hydrogens is 344 g/mol. The van der Waals surface area contributed by atoms with Crippen molar-refractivity contribution in [1.29, 1.82) is 0 Å². The van der Waals surface area contributed by atoms with Gasteiger partial charge in [0.15, 0.2) is 0 Å². The molecule has 0 N–H and O–H groups in total. The molecule has 0 amide bonds. The number of rotatable bonds is 8. The minimum Gasteiger partial charge on any atom is -0.298 e. The smallest absolute Gasteiger partial charge is 0.147 e. The quantitative estimate of drug-likeness (QED) is 0.567. The average Bonchev–Trinajstić information content (AvgIpc) is 2.57. The Bertz CT molecular complexity index is 756. The first-order valence-electron chi connectivity index (χ1n) is 10.6. The number of Topliss-reactive ketones (excluding diaryl/α,β-unsaturated/α-hetero) is 1. The van der Waals surface area contributed by atoms with E-state index < -0.39 is 0 Å². The van der Waals surface area contributed by atoms with Crippen molar-refractivity contribution in [2.75, 3.05) is 0 Å². The SMILES string of the molecule is Cc1cc(C(C)C(=O)C(C)c2cc(C)nc(CC(C)C)c2)cc(CC(C)C)n1. The molecule has 2 unspecified atom stereocenters. The van der Waals surface area contributed by atoms with Gasteiger partial charge in [-0.3, -0.25) is 14.8 Å². The second kappa shape index (κ2) is 9.45. The van der Waals surface area contributed by atoms with E-state index in [2.05, 4.69) is 61.9 Å². The van der Waals surface area contributed by atoms with Gasteiger partial charge in [-0.25, -0.2) is 0 Å². The summed E-state index contributed by atoms with van der Waals surface area (Å²) in [5.74, 6) is 1.05. The lowest BCUT2D eigenvalue weighted by Crippen LogP contribution is -2.18. The summed E-state index contributed by atoms with van der Waals surface area (Å²) in [5.41, 5.74) is 6.28. The van der Waals surface area contributed by atoms with E-state index in [4.69, 9.17) is 0 Å². The summed E-state index contributed by atoms with van der Waals surface area (Å²) in [4.78, 5) is 22.6. The lowest BCUT2D eigenvalue weighted by atomic mass is 9.85. The zero-order valence-electron chi connectivity index (χ0n) is 18.8. The molecule has 0 radical (unpaired) electrons. The van der Waals surface area contributed by atoms with Crippen molar-refractivity contribution < 1.29 is 4.79 Å². The van der Waals surface area contributed by atoms with E-state index in [1.807, 2.05) is 27.7 Å². The zero-order chi connectivity index (χ0) is 21.0. The molecule has 3 nitrogen and oxygen atoms in total. The van der Waals surface area contributed by atoms with Crippen molar-refractivity contribution >= 4 is 5.78 Å². The molecule has 2 rings (SSSR count). The number of hydrogen-bond acceptors (Lipinski definition) is 3. The number of ketones is 1. The Balaban J connectivity index is 2.28. The fourth-order valence-corrected chi connectivity index (χ4v) is 3.78. The van der Waals surface area contributed by atoms with Gasteiger partial charge in [0, 0.05) is 34.6 Å². The first-order chi connectivity index (χ1) is 13.1. The van der Waals surface area contributed by atoms with E-state index in [9.17, 15) is 4.79 Å². The number of carbonyl (C=O) groups is 1. The fraction of sp³-hybridized carbons (Fsp3) is 0.560. The van der Waals surface area contributed by atoms with E-state index in [0.29, 0.717) is 11.8 Å². The average molecular weight is 381 g/mol. The van der Waals surface area contributed by atoms with Crippen LogP contribution in [-0.2, 0) is 17.6 Å². The van der Waals surface area contributed by atoms with Crippen LogP contribution in [0, 0.1) is 25.7 Å². The van der Waals surface area contributed by atoms with Crippen LogP contribution in [0.2, 0.25) is 0 Å². The second-order valence-corrected chi connectivity index (χ2v) is 9.11. The van der Waals surface area contributed by atoms with Gasteiger partial charge in [0.05, 0.1) is 0 Å². The predicted octanol–water partition coefficient (Wildman–Crippen LogP) is 5.97. The first-order valence-corrected chi connectivity index (χ1v) is 10.6. The van der Waals surface area contributed by atoms with Gasteiger partial charge in [0.1, 0.15) is 5.78 Å². The van der Waals surface area contributed by atoms with Crippen LogP contribution >= 0.6 is 0 Å². The Kier molecular flexibility index (Phi) is 7.51. The summed E-state index contributed by atoms with van der Waals surface area (Å²) in [5, 5.41) is 0. The zero-order valence-corrected chi connectivity index (χ0v) is 18.8. The molecule has 0 saturated carbocycles. The normalized spacial score (nSPS) is 13.8. The van der Waals surface area contributed by atoms with Crippen LogP contribution in [-0.4, -0.2) is 15.8 Å². The van der Waals surface area contributed by atoms with Crippen molar-refractivity contribution in [3.63, 3.8) is 0 Å². The fourth-order valence-electron chi connectivity index (χ4n) is 3.78. The third-order valence-electron chi connectivity index (χ3n) is 5.15. The Morgan fingerprint density at radius 1 is 0.714 bits per heavy atom. The van der Waals surface area contributed by atoms with Crippen molar-refractivity contribution in [2.45, 2.75) is 80.1 Å². The van der Waals surface area contributed by atoms with E-state index in [-0.39, 0.29) is 17.6 Å². The maximum atomic E-state index is 13.3. The van der Waals surface area contributed by atoms with E-state index >= 15 is 0 Å². The Labute approximate surface area is 171 Å². The van der Waals surface area contributed by atoms with Crippen LogP contribution in [0.1, 0.15) is 87.3 Å². The van der Waals surface area contributed by atoms with Crippen LogP contribution in [0.3, 0.4) is 0 Å². The van der Waals surface area contributed by atoms with Crippen LogP contribution in [0.15, 0.2) is 24.3 Å². The summed E-state index contributed by atoms with van der Waals surface area (Å²) in [6.45, 7) is 16.9. The number of aromatic nitrogens is 2. The van der Waals surface area contributed by atoms with Crippen LogP contribution < -0.4 is 0 Å². The minimum atomic E-state index is -0.148. The van der Waals surface area contributed by atoms with Gasteiger partial charge in [0.2, 0.25) is 0 Å². The van der Waals surface area contributed by atoms with Gasteiger partial charge in [-0.15, -0.1) is 0 Å². The van der Waals surface area contributed by atoms with Gasteiger partial charge in [-0.05, 0) is 73.9 Å². The second-order valence-electron chi connectivity index (χ2n) is 9.11. The summed E-state index contributed by atoms with van der Waals surface area (Å²) in [6, 6.07) is 8.34. The summed E-state index contributed by atoms with van der Waals surface area (Å²) >= 11 is 0. The van der Waals surface area contributed by atoms with Crippen LogP contribution in [0.4, 0.5) is 0 Å². The Morgan fingerprint density at radius 2 is 1.07 bits per heavy atom. The molecule has 0 saturated heterocycles. The van der Waals surface area contributed by atoms with Crippen molar-refractivity contribution in [3.8, 4) is 0 Å². The molecular formula is C25H36N2O. The van der Waals surface area contributed by atoms with Gasteiger partial charge in [-0.2, -0.15) is 0 Å². The van der Waals surface area contributed by atoms with Crippen molar-refractivity contribution in [1.82, 2.24) is 9.97 Å². The molecule has 2 aromatic rings. The molecule has 0 aliphatic carbocycles. The highest BCUT2D eigenvalue weighted by atomic mass is 16.1. The van der Waals surface area contributed by atoms with E-state index in [1.54, 1.807) is 0 Å². The Hall–Kier alpha value is -2.03. The number of hydrogen-bond donors (Lipinski definition) is 0. The lowest BCUT2D eigenvalue weighted by molar-refractivity contribution is -0.121. The molecule has 28 heavy (non-hydrogen) atoms. The largest absolute Gasteiger partial charge is 0.298 e. The molecule has 0 spiro atoms. The molecule has 0 aromatic carbocycles. The molecule has 2 atom stereocenters. The van der Waals surface area contributed by atoms with E-state index in [0.717, 1.165) is 46.7 Å². The third-order valence-corrected chi connectivity index (χ3v) is 5.15. The maximum absolute atomic E-state index is 13.3. The molecule has 0 aliphatic rings. The lowest BCUT2D eigenvalue weighted by Gasteiger charge is -2.19. The molecule has 3 heteroatoms. The topological polar surface area (TPSA) is 42.9 Å². The predicted molar refractivity (Wildman–Crippen MR) is 117 cm³/mol. The van der Waals surface area contributed by atoms with Gasteiger partial charge < -0.3 is 0 Å². The summed E-state index contributed by atoms with van der Waals surface area (Å²) in [6.07, 6.45) is 1.88. The van der Waals surface area contributed by atoms with Gasteiger partial charge in [0.25, 0.3) is 0 Å². The van der Waals surface area contributed by atoms with Crippen molar-refractivity contribution in [3.05, 3.63) is 58.2 Å². The van der Waals surface area contributed by atoms with Gasteiger partial charge in [-0.1, -0.05) is 41.5 Å². The summed E-state index contributed by atoms with van der Waals surface area (Å²) in [7, 11) is 0. The number of carbonyl (C=O) groups excluding carboxylic acids is 1. The standard InChI is InChI=1S/C25H36N2O/c1-15(2)9-23-13-21(11-17(5)26-23)19(7)25(28)20(8)22-12-18(6)27-24(14-22)10-16(3)4/h11-16,19-20H,9-10H2,1-8H3.